The minimum absolute atomic E-state index is 0.0653. The van der Waals surface area contributed by atoms with Crippen molar-refractivity contribution in [2.75, 3.05) is 29.6 Å². The van der Waals surface area contributed by atoms with Crippen molar-refractivity contribution in [2.24, 2.45) is 4.36 Å². The minimum Gasteiger partial charge on any atom is -0.598 e. The van der Waals surface area contributed by atoms with E-state index in [2.05, 4.69) is 56.8 Å². The molecule has 0 aromatic carbocycles. The van der Waals surface area contributed by atoms with E-state index in [-0.39, 0.29) is 11.4 Å². The summed E-state index contributed by atoms with van der Waals surface area (Å²) < 4.78 is 50.3. The number of hydrogen-bond donors (Lipinski definition) is 1. The van der Waals surface area contributed by atoms with Crippen LogP contribution in [0.3, 0.4) is 0 Å². The largest absolute Gasteiger partial charge is 0.598 e. The summed E-state index contributed by atoms with van der Waals surface area (Å²) in [5, 5.41) is 9.95. The summed E-state index contributed by atoms with van der Waals surface area (Å²) in [7, 11) is -4.57. The molecule has 35 heavy (non-hydrogen) atoms. The summed E-state index contributed by atoms with van der Waals surface area (Å²) in [6.45, 7) is 15.4. The molecule has 0 amide bonds. The Hall–Kier alpha value is -0.380. The predicted molar refractivity (Wildman–Crippen MR) is 151 cm³/mol. The topological polar surface area (TPSA) is 101 Å². The number of hydrogen-bond acceptors (Lipinski definition) is 6. The SMILES string of the molecule is CCS(CC)(CC)c1cc(Br)nc([C@](C)(CS2(=O)=NCCC[C@@]2(C)C#N)N[S+]([O-])C(C)(C)C)c1F. The summed E-state index contributed by atoms with van der Waals surface area (Å²) in [5.74, 6) is 1.85. The molecule has 4 atom stereocenters. The van der Waals surface area contributed by atoms with Crippen molar-refractivity contribution in [1.82, 2.24) is 9.71 Å². The van der Waals surface area contributed by atoms with Crippen LogP contribution in [0.15, 0.2) is 19.9 Å². The Balaban J connectivity index is 2.84. The fourth-order valence-electron chi connectivity index (χ4n) is 4.39. The molecule has 1 aromatic rings. The minimum atomic E-state index is -3.12. The van der Waals surface area contributed by atoms with E-state index in [0.717, 1.165) is 17.3 Å². The molecule has 2 heterocycles. The number of nitrogens with one attached hydrogen (secondary N) is 1. The summed E-state index contributed by atoms with van der Waals surface area (Å²) in [5.41, 5.74) is -1.33. The number of nitriles is 1. The Bertz CT molecular complexity index is 1090. The fourth-order valence-corrected chi connectivity index (χ4v) is 11.6. The summed E-state index contributed by atoms with van der Waals surface area (Å²) in [4.78, 5) is 5.16. The van der Waals surface area contributed by atoms with Crippen molar-refractivity contribution in [3.05, 3.63) is 22.2 Å². The molecule has 2 unspecified atom stereocenters. The Labute approximate surface area is 224 Å². The number of aromatic nitrogens is 1. The van der Waals surface area contributed by atoms with Crippen LogP contribution in [0, 0.1) is 17.1 Å². The lowest BCUT2D eigenvalue weighted by molar-refractivity contribution is 0.416. The van der Waals surface area contributed by atoms with E-state index in [1.54, 1.807) is 19.9 Å². The van der Waals surface area contributed by atoms with Gasteiger partial charge in [0.25, 0.3) is 0 Å². The van der Waals surface area contributed by atoms with E-state index < -0.39 is 52.0 Å². The molecule has 6 nitrogen and oxygen atoms in total. The van der Waals surface area contributed by atoms with Crippen molar-refractivity contribution >= 4 is 47.0 Å². The molecule has 11 heteroatoms. The highest BCUT2D eigenvalue weighted by molar-refractivity contribution is 9.10. The number of pyridine rings is 1. The lowest BCUT2D eigenvalue weighted by atomic mass is 10.0. The average Bonchev–Trinajstić information content (AvgIpc) is 2.78. The Morgan fingerprint density at radius 3 is 2.37 bits per heavy atom. The van der Waals surface area contributed by atoms with E-state index in [4.69, 9.17) is 0 Å². The first kappa shape index (κ1) is 30.8. The quantitative estimate of drug-likeness (QED) is 0.272. The summed E-state index contributed by atoms with van der Waals surface area (Å²) in [6, 6.07) is 3.99. The first-order valence-electron chi connectivity index (χ1n) is 12.0. The number of halogens is 2. The molecule has 2 rings (SSSR count). The zero-order chi connectivity index (χ0) is 26.9. The van der Waals surface area contributed by atoms with Crippen LogP contribution in [0.2, 0.25) is 0 Å². The average molecular weight is 612 g/mol. The highest BCUT2D eigenvalue weighted by Crippen LogP contribution is 2.57. The van der Waals surface area contributed by atoms with E-state index in [9.17, 15) is 14.0 Å². The first-order valence-corrected chi connectivity index (χ1v) is 17.8. The standard InChI is InChI=1S/C24H40BrFN4O2S3/c1-9-34(10-2,11-3)18-15-19(25)29-21(20(18)26)24(8,30-33(31)22(4,5)6)17-35(32)23(7,16-27)13-12-14-28-35/h15,30H,9-14,17H2,1-8H3/t23-,24-,33?,35?/m0/s1. The van der Waals surface area contributed by atoms with E-state index in [1.165, 1.54) is 0 Å². The lowest BCUT2D eigenvalue weighted by Crippen LogP contribution is -2.56. The van der Waals surface area contributed by atoms with E-state index in [1.807, 2.05) is 20.8 Å². The van der Waals surface area contributed by atoms with Crippen LogP contribution in [0.1, 0.15) is 73.9 Å². The van der Waals surface area contributed by atoms with E-state index >= 15 is 4.39 Å². The molecular formula is C24H40BrFN4O2S3. The molecular weight excluding hydrogens is 571 g/mol. The normalized spacial score (nSPS) is 26.3. The molecule has 0 saturated heterocycles. The van der Waals surface area contributed by atoms with E-state index in [0.29, 0.717) is 28.9 Å². The third-order valence-electron chi connectivity index (χ3n) is 6.95. The van der Waals surface area contributed by atoms with Crippen molar-refractivity contribution in [2.45, 2.75) is 88.2 Å². The van der Waals surface area contributed by atoms with Crippen molar-refractivity contribution < 1.29 is 13.2 Å². The number of nitrogens with zero attached hydrogens (tertiary/aromatic N) is 3. The zero-order valence-electron chi connectivity index (χ0n) is 22.2. The Kier molecular flexibility index (Phi) is 9.83. The van der Waals surface area contributed by atoms with Gasteiger partial charge in [0.1, 0.15) is 25.3 Å². The zero-order valence-corrected chi connectivity index (χ0v) is 26.2. The molecule has 0 saturated carbocycles. The maximum atomic E-state index is 16.5. The maximum Gasteiger partial charge on any atom is 0.158 e. The fraction of sp³-hybridized carbons (Fsp3) is 0.750. The van der Waals surface area contributed by atoms with Gasteiger partial charge < -0.3 is 4.55 Å². The second kappa shape index (κ2) is 11.2. The predicted octanol–water partition coefficient (Wildman–Crippen LogP) is 6.02. The van der Waals surface area contributed by atoms with Gasteiger partial charge in [-0.1, -0.05) is 20.8 Å². The van der Waals surface area contributed by atoms with Crippen molar-refractivity contribution in [1.29, 1.82) is 5.26 Å². The van der Waals surface area contributed by atoms with Gasteiger partial charge in [0, 0.05) is 22.8 Å². The molecule has 1 aliphatic heterocycles. The van der Waals surface area contributed by atoms with Crippen LogP contribution in [0.25, 0.3) is 0 Å². The second-order valence-corrected chi connectivity index (χ2v) is 20.2. The van der Waals surface area contributed by atoms with Gasteiger partial charge in [0.05, 0.1) is 21.6 Å². The van der Waals surface area contributed by atoms with Gasteiger partial charge in [0.15, 0.2) is 5.82 Å². The molecule has 1 N–H and O–H groups in total. The third-order valence-corrected chi connectivity index (χ3v) is 16.9. The summed E-state index contributed by atoms with van der Waals surface area (Å²) >= 11 is 1.87. The second-order valence-electron chi connectivity index (χ2n) is 10.4. The van der Waals surface area contributed by atoms with Gasteiger partial charge in [-0.15, -0.1) is 4.72 Å². The van der Waals surface area contributed by atoms with Crippen molar-refractivity contribution in [3.63, 3.8) is 0 Å². The van der Waals surface area contributed by atoms with Crippen LogP contribution in [-0.4, -0.2) is 52.8 Å². The molecule has 0 radical (unpaired) electrons. The van der Waals surface area contributed by atoms with Gasteiger partial charge in [-0.05, 0) is 86.7 Å². The van der Waals surface area contributed by atoms with Crippen LogP contribution in [0.5, 0.6) is 0 Å². The Morgan fingerprint density at radius 2 is 1.89 bits per heavy atom. The molecule has 200 valence electrons. The highest BCUT2D eigenvalue weighted by atomic mass is 79.9. The highest BCUT2D eigenvalue weighted by Gasteiger charge is 2.49. The molecule has 1 aliphatic rings. The number of rotatable bonds is 9. The Morgan fingerprint density at radius 1 is 1.31 bits per heavy atom. The van der Waals surface area contributed by atoms with Crippen LogP contribution < -0.4 is 4.72 Å². The molecule has 0 aliphatic carbocycles. The van der Waals surface area contributed by atoms with Crippen LogP contribution in [0.4, 0.5) is 4.39 Å². The van der Waals surface area contributed by atoms with Gasteiger partial charge in [-0.2, -0.15) is 5.26 Å². The van der Waals surface area contributed by atoms with Crippen LogP contribution >= 0.6 is 26.0 Å². The molecule has 1 aromatic heterocycles. The van der Waals surface area contributed by atoms with Gasteiger partial charge in [0.2, 0.25) is 0 Å². The monoisotopic (exact) mass is 610 g/mol. The van der Waals surface area contributed by atoms with Crippen molar-refractivity contribution in [3.8, 4) is 6.07 Å². The molecule has 0 fully saturated rings. The van der Waals surface area contributed by atoms with Gasteiger partial charge >= 0.3 is 0 Å². The third kappa shape index (κ3) is 6.04. The van der Waals surface area contributed by atoms with Crippen LogP contribution in [-0.2, 0) is 26.6 Å². The van der Waals surface area contributed by atoms with Gasteiger partial charge in [-0.25, -0.2) is 28.0 Å². The smallest absolute Gasteiger partial charge is 0.158 e. The molecule has 0 bridgehead atoms. The maximum absolute atomic E-state index is 16.5. The first-order chi connectivity index (χ1) is 16.1. The van der Waals surface area contributed by atoms with Gasteiger partial charge in [-0.3, -0.25) is 0 Å². The lowest BCUT2D eigenvalue weighted by Gasteiger charge is -2.41. The molecule has 0 spiro atoms. The summed E-state index contributed by atoms with van der Waals surface area (Å²) in [6.07, 6.45) is 1.11.